The quantitative estimate of drug-likeness (QED) is 0.155. The molecule has 0 fully saturated rings. The van der Waals surface area contributed by atoms with E-state index in [1.165, 1.54) is 0 Å². The van der Waals surface area contributed by atoms with Gasteiger partial charge in [-0.25, -0.2) is 29.9 Å². The molecule has 13 rings (SSSR count). The summed E-state index contributed by atoms with van der Waals surface area (Å²) >= 11 is 0. The zero-order valence-electron chi connectivity index (χ0n) is 34.7. The van der Waals surface area contributed by atoms with Crippen LogP contribution in [0.1, 0.15) is 23.3 Å². The minimum atomic E-state index is -0.213. The van der Waals surface area contributed by atoms with Gasteiger partial charge in [-0.05, 0) is 42.5 Å². The van der Waals surface area contributed by atoms with Crippen LogP contribution in [0, 0.1) is 0 Å². The van der Waals surface area contributed by atoms with E-state index in [1.54, 1.807) is 0 Å². The third kappa shape index (κ3) is 6.16. The lowest BCUT2D eigenvalue weighted by molar-refractivity contribution is 0.223. The summed E-state index contributed by atoms with van der Waals surface area (Å²) in [7, 11) is 0. The van der Waals surface area contributed by atoms with E-state index in [1.807, 2.05) is 127 Å². The number of ether oxygens (including phenoxy) is 1. The molecule has 0 radical (unpaired) electrons. The standard InChI is InChI=1S/C56H35N7O2/c1-4-17-34(18-5-1)51-57-52(35-19-6-2-7-20-35)61-56(60-51)43-33-37(31-32-45(43)63-44-28-13-10-24-40(44)50-48(63)41-25-12-15-30-47(41)65-50)54-58-53(36-21-8-3-9-22-36)59-55(62-54)42-27-16-26-39-38-23-11-14-29-46(38)64-49(39)42/h1-33,48,50H. The SMILES string of the molecule is c1ccc(-c2nc(-c3ccccc3)nc(-c3cc(-c4nc(-c5ccccc5)nc(-c5cccc6c5oc5ccccc56)n4)ccc3N3c4ccccc4C4Oc5ccccc5C43)n2)cc1. The Morgan fingerprint density at radius 1 is 0.369 bits per heavy atom. The number of hydrogen-bond acceptors (Lipinski definition) is 9. The summed E-state index contributed by atoms with van der Waals surface area (Å²) in [5, 5.41) is 2.03. The minimum absolute atomic E-state index is 0.144. The van der Waals surface area contributed by atoms with Crippen molar-refractivity contribution in [2.75, 3.05) is 4.90 Å². The lowest BCUT2D eigenvalue weighted by Crippen LogP contribution is -2.21. The molecule has 0 aliphatic carbocycles. The van der Waals surface area contributed by atoms with Crippen LogP contribution in [0.25, 0.3) is 90.3 Å². The molecule has 11 aromatic rings. The zero-order valence-corrected chi connectivity index (χ0v) is 34.7. The fourth-order valence-electron chi connectivity index (χ4n) is 9.34. The van der Waals surface area contributed by atoms with Crippen LogP contribution in [0.3, 0.4) is 0 Å². The van der Waals surface area contributed by atoms with Crippen LogP contribution in [0.5, 0.6) is 5.75 Å². The zero-order chi connectivity index (χ0) is 42.8. The van der Waals surface area contributed by atoms with Gasteiger partial charge in [0.05, 0.1) is 11.3 Å². The second-order valence-electron chi connectivity index (χ2n) is 16.2. The summed E-state index contributed by atoms with van der Waals surface area (Å²) in [6.45, 7) is 0. The van der Waals surface area contributed by atoms with Crippen LogP contribution in [0.4, 0.5) is 11.4 Å². The Kier molecular flexibility index (Phi) is 8.45. The molecule has 9 nitrogen and oxygen atoms in total. The van der Waals surface area contributed by atoms with Crippen molar-refractivity contribution in [3.8, 4) is 74.1 Å². The van der Waals surface area contributed by atoms with E-state index in [4.69, 9.17) is 39.1 Å². The molecule has 0 saturated carbocycles. The lowest BCUT2D eigenvalue weighted by Gasteiger charge is -2.29. The van der Waals surface area contributed by atoms with Crippen molar-refractivity contribution in [3.63, 3.8) is 0 Å². The number of furan rings is 1. The molecule has 2 aliphatic rings. The van der Waals surface area contributed by atoms with Crippen LogP contribution < -0.4 is 9.64 Å². The van der Waals surface area contributed by atoms with Crippen molar-refractivity contribution >= 4 is 33.3 Å². The number of hydrogen-bond donors (Lipinski definition) is 0. The number of para-hydroxylation sites is 4. The number of rotatable bonds is 7. The Hall–Kier alpha value is -8.82. The molecule has 306 valence electrons. The highest BCUT2D eigenvalue weighted by Gasteiger charge is 2.47. The summed E-state index contributed by atoms with van der Waals surface area (Å²) in [6.07, 6.45) is -0.213. The normalized spacial score (nSPS) is 14.9. The van der Waals surface area contributed by atoms with Gasteiger partial charge in [0.1, 0.15) is 23.0 Å². The summed E-state index contributed by atoms with van der Waals surface area (Å²) in [5.74, 6) is 4.04. The average molecular weight is 838 g/mol. The van der Waals surface area contributed by atoms with Crippen LogP contribution in [-0.4, -0.2) is 29.9 Å². The molecule has 0 amide bonds. The molecule has 9 heteroatoms. The second kappa shape index (κ2) is 14.9. The molecular weight excluding hydrogens is 803 g/mol. The largest absolute Gasteiger partial charge is 0.483 e. The van der Waals surface area contributed by atoms with Gasteiger partial charge in [0.15, 0.2) is 41.1 Å². The third-order valence-corrected chi connectivity index (χ3v) is 12.3. The van der Waals surface area contributed by atoms with E-state index in [9.17, 15) is 0 Å². The molecular formula is C56H35N7O2. The fraction of sp³-hybridized carbons (Fsp3) is 0.0357. The molecule has 2 aliphatic heterocycles. The molecule has 2 atom stereocenters. The summed E-state index contributed by atoms with van der Waals surface area (Å²) in [4.78, 5) is 33.6. The van der Waals surface area contributed by atoms with Gasteiger partial charge in [-0.3, -0.25) is 0 Å². The van der Waals surface area contributed by atoms with Gasteiger partial charge in [0.25, 0.3) is 0 Å². The Morgan fingerprint density at radius 2 is 0.892 bits per heavy atom. The van der Waals surface area contributed by atoms with Crippen molar-refractivity contribution in [2.24, 2.45) is 0 Å². The first kappa shape index (κ1) is 36.8. The Balaban J connectivity index is 1.07. The van der Waals surface area contributed by atoms with Crippen molar-refractivity contribution < 1.29 is 9.15 Å². The van der Waals surface area contributed by atoms with Gasteiger partial charge in [0, 0.05) is 55.4 Å². The highest BCUT2D eigenvalue weighted by atomic mass is 16.5. The summed E-state index contributed by atoms with van der Waals surface area (Å²) in [5.41, 5.74) is 10.6. The van der Waals surface area contributed by atoms with E-state index in [0.717, 1.165) is 78.0 Å². The Bertz CT molecular complexity index is 3560. The van der Waals surface area contributed by atoms with Crippen LogP contribution in [-0.2, 0) is 0 Å². The first-order valence-electron chi connectivity index (χ1n) is 21.6. The number of anilines is 2. The van der Waals surface area contributed by atoms with E-state index in [-0.39, 0.29) is 12.1 Å². The highest BCUT2D eigenvalue weighted by molar-refractivity contribution is 6.09. The summed E-state index contributed by atoms with van der Waals surface area (Å²) in [6, 6.07) is 67.3. The molecule has 3 aromatic heterocycles. The smallest absolute Gasteiger partial charge is 0.167 e. The maximum Gasteiger partial charge on any atom is 0.167 e. The number of fused-ring (bicyclic) bond motifs is 8. The first-order valence-corrected chi connectivity index (χ1v) is 21.6. The van der Waals surface area contributed by atoms with Gasteiger partial charge in [-0.1, -0.05) is 158 Å². The lowest BCUT2D eigenvalue weighted by atomic mass is 10.00. The van der Waals surface area contributed by atoms with Crippen LogP contribution in [0.15, 0.2) is 205 Å². The van der Waals surface area contributed by atoms with Gasteiger partial charge in [-0.2, -0.15) is 0 Å². The van der Waals surface area contributed by atoms with Crippen LogP contribution in [0.2, 0.25) is 0 Å². The van der Waals surface area contributed by atoms with E-state index in [2.05, 4.69) is 77.7 Å². The van der Waals surface area contributed by atoms with E-state index in [0.29, 0.717) is 40.5 Å². The van der Waals surface area contributed by atoms with E-state index < -0.39 is 0 Å². The van der Waals surface area contributed by atoms with Crippen LogP contribution >= 0.6 is 0 Å². The Morgan fingerprint density at radius 3 is 1.57 bits per heavy atom. The molecule has 0 saturated heterocycles. The maximum atomic E-state index is 6.74. The molecule has 5 heterocycles. The number of aromatic nitrogens is 6. The predicted octanol–water partition coefficient (Wildman–Crippen LogP) is 13.3. The third-order valence-electron chi connectivity index (χ3n) is 12.3. The number of nitrogens with zero attached hydrogens (tertiary/aromatic N) is 7. The van der Waals surface area contributed by atoms with Crippen molar-refractivity contribution in [3.05, 3.63) is 211 Å². The molecule has 2 unspecified atom stereocenters. The maximum absolute atomic E-state index is 6.74. The van der Waals surface area contributed by atoms with Gasteiger partial charge in [-0.15, -0.1) is 0 Å². The van der Waals surface area contributed by atoms with Crippen molar-refractivity contribution in [2.45, 2.75) is 12.1 Å². The monoisotopic (exact) mass is 837 g/mol. The fourth-order valence-corrected chi connectivity index (χ4v) is 9.34. The first-order chi connectivity index (χ1) is 32.2. The highest BCUT2D eigenvalue weighted by Crippen LogP contribution is 2.59. The van der Waals surface area contributed by atoms with E-state index >= 15 is 0 Å². The molecule has 8 aromatic carbocycles. The predicted molar refractivity (Wildman–Crippen MR) is 254 cm³/mol. The van der Waals surface area contributed by atoms with Gasteiger partial charge in [0.2, 0.25) is 0 Å². The second-order valence-corrected chi connectivity index (χ2v) is 16.2. The molecule has 0 bridgehead atoms. The topological polar surface area (TPSA) is 103 Å². The Labute approximate surface area is 373 Å². The number of benzene rings is 8. The van der Waals surface area contributed by atoms with Gasteiger partial charge < -0.3 is 14.1 Å². The van der Waals surface area contributed by atoms with Gasteiger partial charge >= 0.3 is 0 Å². The molecule has 0 spiro atoms. The average Bonchev–Trinajstić information content (AvgIpc) is 4.06. The van der Waals surface area contributed by atoms with Crippen molar-refractivity contribution in [1.82, 2.24) is 29.9 Å². The molecule has 0 N–H and O–H groups in total. The summed E-state index contributed by atoms with van der Waals surface area (Å²) < 4.78 is 13.3. The molecule has 65 heavy (non-hydrogen) atoms. The minimum Gasteiger partial charge on any atom is -0.483 e. The van der Waals surface area contributed by atoms with Crippen molar-refractivity contribution in [1.29, 1.82) is 0 Å².